The maximum absolute atomic E-state index is 12.7. The SMILES string of the molecule is Cc1ccoc1C(=O)N1CC[C@@H]2[C@@H]1CC(=O)N2c1cccnc1. The Morgan fingerprint density at radius 1 is 1.35 bits per heavy atom. The zero-order valence-corrected chi connectivity index (χ0v) is 12.8. The normalized spacial score (nSPS) is 23.4. The van der Waals surface area contributed by atoms with Crippen LogP contribution in [0, 0.1) is 6.92 Å². The van der Waals surface area contributed by atoms with Gasteiger partial charge in [-0.15, -0.1) is 0 Å². The van der Waals surface area contributed by atoms with E-state index in [1.165, 1.54) is 6.26 Å². The van der Waals surface area contributed by atoms with Gasteiger partial charge in [-0.25, -0.2) is 0 Å². The summed E-state index contributed by atoms with van der Waals surface area (Å²) in [5, 5.41) is 0. The van der Waals surface area contributed by atoms with Gasteiger partial charge in [0, 0.05) is 24.7 Å². The summed E-state index contributed by atoms with van der Waals surface area (Å²) in [5.74, 6) is 0.292. The first kappa shape index (κ1) is 14.0. The van der Waals surface area contributed by atoms with Gasteiger partial charge in [0.2, 0.25) is 5.91 Å². The van der Waals surface area contributed by atoms with Gasteiger partial charge in [-0.2, -0.15) is 0 Å². The van der Waals surface area contributed by atoms with Crippen molar-refractivity contribution in [1.29, 1.82) is 0 Å². The third-order valence-electron chi connectivity index (χ3n) is 4.74. The summed E-state index contributed by atoms with van der Waals surface area (Å²) in [6, 6.07) is 5.41. The molecular weight excluding hydrogens is 294 g/mol. The predicted octanol–water partition coefficient (Wildman–Crippen LogP) is 2.00. The van der Waals surface area contributed by atoms with E-state index in [1.54, 1.807) is 28.3 Å². The summed E-state index contributed by atoms with van der Waals surface area (Å²) >= 11 is 0. The highest BCUT2D eigenvalue weighted by molar-refractivity contribution is 5.99. The van der Waals surface area contributed by atoms with Crippen LogP contribution < -0.4 is 4.90 Å². The zero-order valence-electron chi connectivity index (χ0n) is 12.8. The molecule has 2 aromatic heterocycles. The van der Waals surface area contributed by atoms with Crippen LogP contribution in [-0.4, -0.2) is 40.3 Å². The second-order valence-corrected chi connectivity index (χ2v) is 6.03. The Bertz CT molecular complexity index is 755. The zero-order chi connectivity index (χ0) is 16.0. The number of aryl methyl sites for hydroxylation is 1. The van der Waals surface area contributed by atoms with Crippen molar-refractivity contribution in [3.8, 4) is 0 Å². The average Bonchev–Trinajstić information content (AvgIpc) is 3.22. The lowest BCUT2D eigenvalue weighted by Gasteiger charge is -2.25. The average molecular weight is 311 g/mol. The lowest BCUT2D eigenvalue weighted by molar-refractivity contribution is -0.117. The fourth-order valence-electron chi connectivity index (χ4n) is 3.65. The van der Waals surface area contributed by atoms with E-state index < -0.39 is 0 Å². The van der Waals surface area contributed by atoms with Crippen LogP contribution in [-0.2, 0) is 4.79 Å². The minimum Gasteiger partial charge on any atom is -0.459 e. The molecule has 0 unspecified atom stereocenters. The number of furan rings is 1. The first-order chi connectivity index (χ1) is 11.2. The molecule has 0 aliphatic carbocycles. The highest BCUT2D eigenvalue weighted by atomic mass is 16.3. The largest absolute Gasteiger partial charge is 0.459 e. The fraction of sp³-hybridized carbons (Fsp3) is 0.353. The van der Waals surface area contributed by atoms with Gasteiger partial charge >= 0.3 is 0 Å². The van der Waals surface area contributed by atoms with Gasteiger partial charge in [0.05, 0.1) is 30.2 Å². The van der Waals surface area contributed by atoms with Gasteiger partial charge in [0.25, 0.3) is 5.91 Å². The highest BCUT2D eigenvalue weighted by Crippen LogP contribution is 2.36. The number of pyridine rings is 1. The number of nitrogens with zero attached hydrogens (tertiary/aromatic N) is 3. The van der Waals surface area contributed by atoms with E-state index in [1.807, 2.05) is 19.1 Å². The van der Waals surface area contributed by atoms with E-state index in [0.29, 0.717) is 18.7 Å². The van der Waals surface area contributed by atoms with Crippen molar-refractivity contribution in [2.45, 2.75) is 31.8 Å². The number of hydrogen-bond acceptors (Lipinski definition) is 4. The van der Waals surface area contributed by atoms with Crippen LogP contribution in [0.3, 0.4) is 0 Å². The minimum absolute atomic E-state index is 0.0194. The molecule has 2 atom stereocenters. The van der Waals surface area contributed by atoms with Crippen LogP contribution in [0.1, 0.15) is 29.0 Å². The molecule has 4 heterocycles. The Hall–Kier alpha value is -2.63. The number of anilines is 1. The van der Waals surface area contributed by atoms with E-state index in [9.17, 15) is 9.59 Å². The smallest absolute Gasteiger partial charge is 0.290 e. The molecule has 2 aliphatic rings. The van der Waals surface area contributed by atoms with Crippen molar-refractivity contribution in [3.63, 3.8) is 0 Å². The summed E-state index contributed by atoms with van der Waals surface area (Å²) in [6.07, 6.45) is 6.03. The first-order valence-electron chi connectivity index (χ1n) is 7.74. The number of likely N-dealkylation sites (tertiary alicyclic amines) is 1. The molecular formula is C17H17N3O3. The van der Waals surface area contributed by atoms with E-state index >= 15 is 0 Å². The van der Waals surface area contributed by atoms with E-state index in [0.717, 1.165) is 17.7 Å². The molecule has 0 saturated carbocycles. The van der Waals surface area contributed by atoms with Gasteiger partial charge in [-0.1, -0.05) is 0 Å². The Labute approximate surface area is 133 Å². The van der Waals surface area contributed by atoms with Crippen molar-refractivity contribution in [1.82, 2.24) is 9.88 Å². The third kappa shape index (κ3) is 2.13. The number of fused-ring (bicyclic) bond motifs is 1. The van der Waals surface area contributed by atoms with Crippen LogP contribution >= 0.6 is 0 Å². The number of carbonyl (C=O) groups excluding carboxylic acids is 2. The summed E-state index contributed by atoms with van der Waals surface area (Å²) < 4.78 is 5.33. The molecule has 0 bridgehead atoms. The Balaban J connectivity index is 1.61. The molecule has 2 saturated heterocycles. The van der Waals surface area contributed by atoms with Crippen LogP contribution in [0.15, 0.2) is 41.3 Å². The number of rotatable bonds is 2. The molecule has 6 nitrogen and oxygen atoms in total. The molecule has 0 N–H and O–H groups in total. The number of hydrogen-bond donors (Lipinski definition) is 0. The maximum Gasteiger partial charge on any atom is 0.290 e. The molecule has 118 valence electrons. The van der Waals surface area contributed by atoms with E-state index in [4.69, 9.17) is 4.42 Å². The van der Waals surface area contributed by atoms with Crippen LogP contribution in [0.25, 0.3) is 0 Å². The minimum atomic E-state index is -0.124. The molecule has 0 aromatic carbocycles. The van der Waals surface area contributed by atoms with Crippen LogP contribution in [0.5, 0.6) is 0 Å². The second kappa shape index (κ2) is 5.22. The summed E-state index contributed by atoms with van der Waals surface area (Å²) in [4.78, 5) is 32.8. The van der Waals surface area contributed by atoms with Gasteiger partial charge in [-0.3, -0.25) is 14.6 Å². The lowest BCUT2D eigenvalue weighted by atomic mass is 10.1. The van der Waals surface area contributed by atoms with Gasteiger partial charge in [-0.05, 0) is 31.5 Å². The lowest BCUT2D eigenvalue weighted by Crippen LogP contribution is -2.40. The highest BCUT2D eigenvalue weighted by Gasteiger charge is 2.49. The van der Waals surface area contributed by atoms with Gasteiger partial charge in [0.15, 0.2) is 5.76 Å². The van der Waals surface area contributed by atoms with E-state index in [-0.39, 0.29) is 23.9 Å². The molecule has 2 aromatic rings. The molecule has 6 heteroatoms. The Kier molecular flexibility index (Phi) is 3.18. The third-order valence-corrected chi connectivity index (χ3v) is 4.74. The molecule has 2 amide bonds. The quantitative estimate of drug-likeness (QED) is 0.851. The fourth-order valence-corrected chi connectivity index (χ4v) is 3.65. The number of carbonyl (C=O) groups is 2. The molecule has 2 aliphatic heterocycles. The summed E-state index contributed by atoms with van der Waals surface area (Å²) in [5.41, 5.74) is 1.63. The van der Waals surface area contributed by atoms with Crippen molar-refractivity contribution >= 4 is 17.5 Å². The maximum atomic E-state index is 12.7. The number of aromatic nitrogens is 1. The molecule has 23 heavy (non-hydrogen) atoms. The van der Waals surface area contributed by atoms with E-state index in [2.05, 4.69) is 4.98 Å². The molecule has 2 fully saturated rings. The molecule has 4 rings (SSSR count). The van der Waals surface area contributed by atoms with Gasteiger partial charge < -0.3 is 14.2 Å². The van der Waals surface area contributed by atoms with Crippen molar-refractivity contribution < 1.29 is 14.0 Å². The Morgan fingerprint density at radius 2 is 2.22 bits per heavy atom. The Morgan fingerprint density at radius 3 is 2.91 bits per heavy atom. The second-order valence-electron chi connectivity index (χ2n) is 6.03. The van der Waals surface area contributed by atoms with Crippen LogP contribution in [0.4, 0.5) is 5.69 Å². The standard InChI is InChI=1S/C17H17N3O3/c1-11-5-8-23-16(11)17(22)19-7-4-13-14(19)9-15(21)20(13)12-3-2-6-18-10-12/h2-3,5-6,8,10,13-14H,4,7,9H2,1H3/t13-,14+/m1/s1. The monoisotopic (exact) mass is 311 g/mol. The van der Waals surface area contributed by atoms with Crippen LogP contribution in [0.2, 0.25) is 0 Å². The number of amides is 2. The molecule has 0 radical (unpaired) electrons. The van der Waals surface area contributed by atoms with Crippen molar-refractivity contribution in [2.24, 2.45) is 0 Å². The predicted molar refractivity (Wildman–Crippen MR) is 83.0 cm³/mol. The summed E-state index contributed by atoms with van der Waals surface area (Å²) in [7, 11) is 0. The summed E-state index contributed by atoms with van der Waals surface area (Å²) in [6.45, 7) is 2.49. The molecule has 0 spiro atoms. The first-order valence-corrected chi connectivity index (χ1v) is 7.74. The van der Waals surface area contributed by atoms with Gasteiger partial charge in [0.1, 0.15) is 0 Å². The van der Waals surface area contributed by atoms with Crippen molar-refractivity contribution in [3.05, 3.63) is 48.2 Å². The van der Waals surface area contributed by atoms with Crippen molar-refractivity contribution in [2.75, 3.05) is 11.4 Å². The topological polar surface area (TPSA) is 66.7 Å².